The van der Waals surface area contributed by atoms with E-state index in [0.717, 1.165) is 12.8 Å². The molecule has 16 heteroatoms. The zero-order valence-electron chi connectivity index (χ0n) is 22.6. The molecule has 0 aromatic heterocycles. The first-order valence-electron chi connectivity index (χ1n) is 12.4. The van der Waals surface area contributed by atoms with Crippen LogP contribution in [-0.4, -0.2) is 71.9 Å². The van der Waals surface area contributed by atoms with Gasteiger partial charge in [-0.2, -0.15) is 0 Å². The number of carbonyl (C=O) groups excluding carboxylic acids is 3. The second-order valence-corrected chi connectivity index (χ2v) is 9.84. The second-order valence-electron chi connectivity index (χ2n) is 9.84. The highest BCUT2D eigenvalue weighted by atomic mass is 17.0. The molecule has 0 bridgehead atoms. The lowest BCUT2D eigenvalue weighted by Gasteiger charge is -2.30. The van der Waals surface area contributed by atoms with Crippen molar-refractivity contribution in [1.82, 2.24) is 5.32 Å². The van der Waals surface area contributed by atoms with Crippen LogP contribution in [0.5, 0.6) is 5.75 Å². The maximum Gasteiger partial charge on any atom is 0.408 e. The van der Waals surface area contributed by atoms with Gasteiger partial charge in [-0.05, 0) is 58.6 Å². The summed E-state index contributed by atoms with van der Waals surface area (Å²) in [6.45, 7) is 6.12. The SMILES string of the molecule is CC(OC1CCCCO1)C(NC(=O)OC(C)(C)C)C(=O)Oc1cc(C=O)ccc1CC(CO[N+](=O)[O-])O[N+](=O)[O-]. The van der Waals surface area contributed by atoms with Crippen molar-refractivity contribution in [2.24, 2.45) is 0 Å². The summed E-state index contributed by atoms with van der Waals surface area (Å²) in [6, 6.07) is 2.47. The van der Waals surface area contributed by atoms with E-state index in [-0.39, 0.29) is 23.3 Å². The fourth-order valence-electron chi connectivity index (χ4n) is 3.66. The Kier molecular flexibility index (Phi) is 12.0. The maximum atomic E-state index is 13.4. The summed E-state index contributed by atoms with van der Waals surface area (Å²) in [6.07, 6.45) is -1.56. The number of alkyl carbamates (subject to hydrolysis) is 1. The van der Waals surface area contributed by atoms with E-state index in [4.69, 9.17) is 18.9 Å². The predicted octanol–water partition coefficient (Wildman–Crippen LogP) is 2.56. The van der Waals surface area contributed by atoms with Crippen LogP contribution in [0.15, 0.2) is 18.2 Å². The third-order valence-electron chi connectivity index (χ3n) is 5.39. The third kappa shape index (κ3) is 11.4. The van der Waals surface area contributed by atoms with E-state index in [1.54, 1.807) is 20.8 Å². The fraction of sp³-hybridized carbons (Fsp3) is 0.625. The van der Waals surface area contributed by atoms with Gasteiger partial charge in [-0.3, -0.25) is 4.79 Å². The molecular formula is C24H33N3O13. The molecule has 1 aliphatic rings. The number of rotatable bonds is 14. The zero-order chi connectivity index (χ0) is 29.9. The number of aldehydes is 1. The van der Waals surface area contributed by atoms with E-state index >= 15 is 0 Å². The largest absolute Gasteiger partial charge is 0.444 e. The summed E-state index contributed by atoms with van der Waals surface area (Å²) in [4.78, 5) is 67.4. The van der Waals surface area contributed by atoms with Crippen LogP contribution in [0.25, 0.3) is 0 Å². The van der Waals surface area contributed by atoms with Gasteiger partial charge in [0.05, 0.1) is 6.10 Å². The molecule has 0 spiro atoms. The number of hydrogen-bond donors (Lipinski definition) is 1. The van der Waals surface area contributed by atoms with Gasteiger partial charge >= 0.3 is 12.1 Å². The topological polar surface area (TPSA) is 205 Å². The Bertz CT molecular complexity index is 1050. The molecule has 222 valence electrons. The summed E-state index contributed by atoms with van der Waals surface area (Å²) in [5.74, 6) is -1.21. The standard InChI is InChI=1S/C24H33N3O13/c1-15(37-20-7-5-6-10-35-20)21(25-23(30)39-24(2,3)4)22(29)38-19-11-16(13-28)8-9-17(19)12-18(40-27(33)34)14-36-26(31)32/h8-9,11,13,15,18,20-21H,5-7,10,12,14H2,1-4H3,(H,25,30). The first kappa shape index (κ1) is 32.2. The molecule has 1 aromatic carbocycles. The van der Waals surface area contributed by atoms with Crippen LogP contribution in [0, 0.1) is 20.2 Å². The van der Waals surface area contributed by atoms with Gasteiger partial charge in [-0.1, -0.05) is 12.1 Å². The van der Waals surface area contributed by atoms with Crippen molar-refractivity contribution in [2.45, 2.75) is 83.5 Å². The van der Waals surface area contributed by atoms with E-state index in [2.05, 4.69) is 15.0 Å². The molecule has 0 radical (unpaired) electrons. The number of benzene rings is 1. The van der Waals surface area contributed by atoms with Crippen molar-refractivity contribution in [2.75, 3.05) is 13.2 Å². The highest BCUT2D eigenvalue weighted by molar-refractivity contribution is 5.84. The first-order chi connectivity index (χ1) is 18.8. The Morgan fingerprint density at radius 3 is 2.50 bits per heavy atom. The van der Waals surface area contributed by atoms with E-state index < -0.39 is 59.0 Å². The van der Waals surface area contributed by atoms with Crippen molar-refractivity contribution in [3.8, 4) is 5.75 Å². The number of ether oxygens (including phenoxy) is 4. The fourth-order valence-corrected chi connectivity index (χ4v) is 3.66. The van der Waals surface area contributed by atoms with Gasteiger partial charge in [0.2, 0.25) is 0 Å². The van der Waals surface area contributed by atoms with Crippen molar-refractivity contribution >= 4 is 18.3 Å². The molecule has 1 saturated heterocycles. The van der Waals surface area contributed by atoms with Crippen LogP contribution in [0.1, 0.15) is 62.9 Å². The van der Waals surface area contributed by atoms with E-state index in [1.165, 1.54) is 25.1 Å². The molecule has 4 atom stereocenters. The summed E-state index contributed by atoms with van der Waals surface area (Å²) in [7, 11) is 0. The lowest BCUT2D eigenvalue weighted by atomic mass is 10.0. The molecule has 4 unspecified atom stereocenters. The quantitative estimate of drug-likeness (QED) is 0.112. The lowest BCUT2D eigenvalue weighted by Crippen LogP contribution is -2.52. The predicted molar refractivity (Wildman–Crippen MR) is 133 cm³/mol. The van der Waals surface area contributed by atoms with Gasteiger partial charge < -0.3 is 33.9 Å². The zero-order valence-corrected chi connectivity index (χ0v) is 22.6. The minimum atomic E-state index is -1.46. The van der Waals surface area contributed by atoms with Gasteiger partial charge in [0, 0.05) is 18.6 Å². The molecule has 0 saturated carbocycles. The van der Waals surface area contributed by atoms with Crippen LogP contribution >= 0.6 is 0 Å². The van der Waals surface area contributed by atoms with Crippen LogP contribution in [0.3, 0.4) is 0 Å². The Hall–Kier alpha value is -4.05. The Balaban J connectivity index is 2.32. The number of amides is 1. The number of esters is 1. The minimum Gasteiger partial charge on any atom is -0.444 e. The van der Waals surface area contributed by atoms with Crippen molar-refractivity contribution in [3.05, 3.63) is 49.6 Å². The number of nitrogens with zero attached hydrogens (tertiary/aromatic N) is 2. The minimum absolute atomic E-state index is 0.0939. The van der Waals surface area contributed by atoms with Gasteiger partial charge in [-0.15, -0.1) is 20.2 Å². The van der Waals surface area contributed by atoms with Crippen LogP contribution in [0.2, 0.25) is 0 Å². The third-order valence-corrected chi connectivity index (χ3v) is 5.39. The molecule has 1 aromatic rings. The number of carbonyl (C=O) groups is 3. The molecule has 1 heterocycles. The van der Waals surface area contributed by atoms with Crippen molar-refractivity contribution in [3.63, 3.8) is 0 Å². The Morgan fingerprint density at radius 2 is 1.93 bits per heavy atom. The molecule has 1 aliphatic heterocycles. The number of nitrogens with one attached hydrogen (secondary N) is 1. The Morgan fingerprint density at radius 1 is 1.20 bits per heavy atom. The molecular weight excluding hydrogens is 538 g/mol. The summed E-state index contributed by atoms with van der Waals surface area (Å²) in [5, 5.41) is 21.6. The highest BCUT2D eigenvalue weighted by Crippen LogP contribution is 2.25. The normalized spacial score (nSPS) is 17.4. The molecule has 1 fully saturated rings. The molecule has 40 heavy (non-hydrogen) atoms. The maximum absolute atomic E-state index is 13.4. The first-order valence-corrected chi connectivity index (χ1v) is 12.4. The molecule has 0 aliphatic carbocycles. The highest BCUT2D eigenvalue weighted by Gasteiger charge is 2.34. The van der Waals surface area contributed by atoms with E-state index in [1.807, 2.05) is 0 Å². The van der Waals surface area contributed by atoms with Crippen LogP contribution < -0.4 is 10.1 Å². The second kappa shape index (κ2) is 14.9. The molecule has 1 amide bonds. The van der Waals surface area contributed by atoms with E-state index in [0.29, 0.717) is 19.3 Å². The Labute approximate surface area is 229 Å². The van der Waals surface area contributed by atoms with Crippen molar-refractivity contribution in [1.29, 1.82) is 0 Å². The van der Waals surface area contributed by atoms with Crippen LogP contribution in [0.4, 0.5) is 4.79 Å². The summed E-state index contributed by atoms with van der Waals surface area (Å²) in [5.41, 5.74) is -0.660. The summed E-state index contributed by atoms with van der Waals surface area (Å²) >= 11 is 0. The lowest BCUT2D eigenvalue weighted by molar-refractivity contribution is -0.789. The van der Waals surface area contributed by atoms with E-state index in [9.17, 15) is 34.6 Å². The van der Waals surface area contributed by atoms with Gasteiger partial charge in [0.25, 0.3) is 10.2 Å². The van der Waals surface area contributed by atoms with Crippen molar-refractivity contribution < 1.29 is 53.2 Å². The summed E-state index contributed by atoms with van der Waals surface area (Å²) < 4.78 is 22.2. The van der Waals surface area contributed by atoms with Crippen LogP contribution in [-0.2, 0) is 35.1 Å². The smallest absolute Gasteiger partial charge is 0.408 e. The average molecular weight is 572 g/mol. The molecule has 16 nitrogen and oxygen atoms in total. The molecule has 2 rings (SSSR count). The van der Waals surface area contributed by atoms with Gasteiger partial charge in [-0.25, -0.2) is 9.59 Å². The monoisotopic (exact) mass is 571 g/mol. The number of hydrogen-bond acceptors (Lipinski definition) is 13. The van der Waals surface area contributed by atoms with Gasteiger partial charge in [0.15, 0.2) is 12.3 Å². The average Bonchev–Trinajstić information content (AvgIpc) is 2.85. The molecule has 1 N–H and O–H groups in total. The van der Waals surface area contributed by atoms with Gasteiger partial charge in [0.1, 0.15) is 30.3 Å².